The molecule has 0 bridgehead atoms. The summed E-state index contributed by atoms with van der Waals surface area (Å²) in [4.78, 5) is 12.0. The van der Waals surface area contributed by atoms with Gasteiger partial charge in [0.1, 0.15) is 11.6 Å². The second-order valence-electron chi connectivity index (χ2n) is 4.21. The average Bonchev–Trinajstić information content (AvgIpc) is 2.35. The summed E-state index contributed by atoms with van der Waals surface area (Å²) in [6, 6.07) is 8.50. The van der Waals surface area contributed by atoms with Crippen molar-refractivity contribution in [1.29, 1.82) is 0 Å². The lowest BCUT2D eigenvalue weighted by Gasteiger charge is -2.09. The number of aryl methyl sites for hydroxylation is 1. The molecule has 0 fully saturated rings. The summed E-state index contributed by atoms with van der Waals surface area (Å²) < 4.78 is 13.6. The van der Waals surface area contributed by atoms with Crippen molar-refractivity contribution in [3.8, 4) is 5.75 Å². The van der Waals surface area contributed by atoms with Crippen LogP contribution in [0.3, 0.4) is 0 Å². The van der Waals surface area contributed by atoms with Gasteiger partial charge in [0, 0.05) is 5.69 Å². The van der Waals surface area contributed by atoms with E-state index in [0.29, 0.717) is 0 Å². The summed E-state index contributed by atoms with van der Waals surface area (Å²) in [6.07, 6.45) is 0. The van der Waals surface area contributed by atoms with Gasteiger partial charge in [0.15, 0.2) is 0 Å². The number of nitrogen functional groups attached to an aromatic ring is 1. The Morgan fingerprint density at radius 1 is 1.26 bits per heavy atom. The normalized spacial score (nSPS) is 10.2. The molecule has 19 heavy (non-hydrogen) atoms. The van der Waals surface area contributed by atoms with Crippen LogP contribution in [0, 0.1) is 12.7 Å². The van der Waals surface area contributed by atoms with Crippen LogP contribution in [0.15, 0.2) is 36.4 Å². The second kappa shape index (κ2) is 4.97. The minimum Gasteiger partial charge on any atom is -0.508 e. The number of carbonyl (C=O) groups excluding carboxylic acids is 1. The number of carbonyl (C=O) groups is 1. The molecule has 5 heteroatoms. The number of nitrogens with one attached hydrogen (secondary N) is 1. The molecular formula is C14H13FN2O2. The van der Waals surface area contributed by atoms with E-state index < -0.39 is 11.7 Å². The highest BCUT2D eigenvalue weighted by Crippen LogP contribution is 2.21. The van der Waals surface area contributed by atoms with E-state index in [-0.39, 0.29) is 22.7 Å². The Labute approximate surface area is 109 Å². The van der Waals surface area contributed by atoms with Crippen LogP contribution < -0.4 is 11.1 Å². The summed E-state index contributed by atoms with van der Waals surface area (Å²) >= 11 is 0. The predicted molar refractivity (Wildman–Crippen MR) is 71.6 cm³/mol. The minimum absolute atomic E-state index is 0.0679. The summed E-state index contributed by atoms with van der Waals surface area (Å²) in [6.45, 7) is 1.75. The first-order valence-electron chi connectivity index (χ1n) is 5.63. The highest BCUT2D eigenvalue weighted by molar-refractivity contribution is 6.08. The van der Waals surface area contributed by atoms with Crippen LogP contribution in [-0.2, 0) is 0 Å². The van der Waals surface area contributed by atoms with Gasteiger partial charge in [-0.15, -0.1) is 0 Å². The number of halogens is 1. The average molecular weight is 260 g/mol. The molecule has 4 N–H and O–H groups in total. The Bertz CT molecular complexity index is 641. The molecule has 2 aromatic carbocycles. The van der Waals surface area contributed by atoms with Gasteiger partial charge in [-0.25, -0.2) is 4.39 Å². The van der Waals surface area contributed by atoms with Gasteiger partial charge in [0.05, 0.1) is 11.3 Å². The van der Waals surface area contributed by atoms with E-state index in [9.17, 15) is 14.3 Å². The number of hydrogen-bond donors (Lipinski definition) is 3. The van der Waals surface area contributed by atoms with Crippen LogP contribution in [0.5, 0.6) is 5.75 Å². The molecule has 0 aliphatic carbocycles. The third-order valence-electron chi connectivity index (χ3n) is 2.65. The number of phenols is 1. The van der Waals surface area contributed by atoms with Crippen molar-refractivity contribution in [2.45, 2.75) is 6.92 Å². The van der Waals surface area contributed by atoms with Crippen molar-refractivity contribution >= 4 is 17.3 Å². The van der Waals surface area contributed by atoms with Gasteiger partial charge in [-0.3, -0.25) is 4.79 Å². The minimum atomic E-state index is -0.573. The lowest BCUT2D eigenvalue weighted by molar-refractivity contribution is 0.102. The van der Waals surface area contributed by atoms with E-state index in [1.165, 1.54) is 30.3 Å². The van der Waals surface area contributed by atoms with Crippen molar-refractivity contribution in [3.05, 3.63) is 53.3 Å². The molecule has 2 rings (SSSR count). The zero-order valence-corrected chi connectivity index (χ0v) is 10.3. The number of rotatable bonds is 2. The largest absolute Gasteiger partial charge is 0.508 e. The Morgan fingerprint density at radius 2 is 2.00 bits per heavy atom. The molecule has 2 aromatic rings. The van der Waals surface area contributed by atoms with E-state index in [1.807, 2.05) is 0 Å². The summed E-state index contributed by atoms with van der Waals surface area (Å²) in [7, 11) is 0. The first-order valence-corrected chi connectivity index (χ1v) is 5.63. The molecule has 0 aromatic heterocycles. The first kappa shape index (κ1) is 12.9. The Hall–Kier alpha value is -2.56. The fourth-order valence-corrected chi connectivity index (χ4v) is 1.65. The van der Waals surface area contributed by atoms with Gasteiger partial charge in [-0.1, -0.05) is 6.07 Å². The quantitative estimate of drug-likeness (QED) is 0.574. The maximum Gasteiger partial charge on any atom is 0.257 e. The number of aromatic hydroxyl groups is 1. The number of amides is 1. The van der Waals surface area contributed by atoms with E-state index in [1.54, 1.807) is 13.0 Å². The molecule has 0 aliphatic rings. The maximum atomic E-state index is 13.6. The Morgan fingerprint density at radius 3 is 2.68 bits per heavy atom. The predicted octanol–water partition coefficient (Wildman–Crippen LogP) is 2.67. The summed E-state index contributed by atoms with van der Waals surface area (Å²) in [5.74, 6) is -1.17. The van der Waals surface area contributed by atoms with Crippen molar-refractivity contribution in [2.75, 3.05) is 11.1 Å². The van der Waals surface area contributed by atoms with E-state index in [0.717, 1.165) is 5.56 Å². The highest BCUT2D eigenvalue weighted by Gasteiger charge is 2.13. The Balaban J connectivity index is 2.28. The molecule has 98 valence electrons. The van der Waals surface area contributed by atoms with Crippen LogP contribution in [0.2, 0.25) is 0 Å². The van der Waals surface area contributed by atoms with Crippen LogP contribution in [-0.4, -0.2) is 11.0 Å². The van der Waals surface area contributed by atoms with E-state index in [4.69, 9.17) is 5.73 Å². The lowest BCUT2D eigenvalue weighted by atomic mass is 10.1. The van der Waals surface area contributed by atoms with Crippen LogP contribution in [0.1, 0.15) is 15.9 Å². The molecular weight excluding hydrogens is 247 g/mol. The first-order chi connectivity index (χ1) is 8.97. The van der Waals surface area contributed by atoms with Gasteiger partial charge in [-0.2, -0.15) is 0 Å². The van der Waals surface area contributed by atoms with Crippen molar-refractivity contribution in [3.63, 3.8) is 0 Å². The van der Waals surface area contributed by atoms with Crippen LogP contribution in [0.4, 0.5) is 15.8 Å². The van der Waals surface area contributed by atoms with Gasteiger partial charge in [-0.05, 0) is 42.8 Å². The molecule has 0 radical (unpaired) electrons. The maximum absolute atomic E-state index is 13.6. The van der Waals surface area contributed by atoms with Gasteiger partial charge < -0.3 is 16.2 Å². The number of benzene rings is 2. The standard InChI is InChI=1S/C14H13FN2O2/c1-8-2-5-13(11(15)6-8)17-14(19)10-7-9(18)3-4-12(10)16/h2-7,18H,16H2,1H3,(H,17,19). The van der Waals surface area contributed by atoms with Crippen LogP contribution in [0.25, 0.3) is 0 Å². The summed E-state index contributed by atoms with van der Waals surface area (Å²) in [5, 5.41) is 11.8. The van der Waals surface area contributed by atoms with Crippen molar-refractivity contribution in [2.24, 2.45) is 0 Å². The second-order valence-corrected chi connectivity index (χ2v) is 4.21. The van der Waals surface area contributed by atoms with E-state index in [2.05, 4.69) is 5.32 Å². The third kappa shape index (κ3) is 2.82. The number of hydrogen-bond acceptors (Lipinski definition) is 3. The smallest absolute Gasteiger partial charge is 0.257 e. The molecule has 0 saturated heterocycles. The monoisotopic (exact) mass is 260 g/mol. The molecule has 4 nitrogen and oxygen atoms in total. The molecule has 0 heterocycles. The molecule has 0 aliphatic heterocycles. The van der Waals surface area contributed by atoms with E-state index >= 15 is 0 Å². The SMILES string of the molecule is Cc1ccc(NC(=O)c2cc(O)ccc2N)c(F)c1. The molecule has 0 atom stereocenters. The van der Waals surface area contributed by atoms with Gasteiger partial charge >= 0.3 is 0 Å². The molecule has 0 unspecified atom stereocenters. The third-order valence-corrected chi connectivity index (χ3v) is 2.65. The zero-order chi connectivity index (χ0) is 14.0. The van der Waals surface area contributed by atoms with Crippen LogP contribution >= 0.6 is 0 Å². The van der Waals surface area contributed by atoms with Gasteiger partial charge in [0.2, 0.25) is 0 Å². The molecule has 0 spiro atoms. The highest BCUT2D eigenvalue weighted by atomic mass is 19.1. The fraction of sp³-hybridized carbons (Fsp3) is 0.0714. The zero-order valence-electron chi connectivity index (χ0n) is 10.3. The van der Waals surface area contributed by atoms with Crippen molar-refractivity contribution < 1.29 is 14.3 Å². The number of nitrogens with two attached hydrogens (primary N) is 1. The molecule has 1 amide bonds. The van der Waals surface area contributed by atoms with Gasteiger partial charge in [0.25, 0.3) is 5.91 Å². The Kier molecular flexibility index (Phi) is 3.37. The number of anilines is 2. The summed E-state index contributed by atoms with van der Waals surface area (Å²) in [5.41, 5.74) is 6.77. The fourth-order valence-electron chi connectivity index (χ4n) is 1.65. The van der Waals surface area contributed by atoms with Crippen molar-refractivity contribution in [1.82, 2.24) is 0 Å². The molecule has 0 saturated carbocycles. The number of phenolic OH excluding ortho intramolecular Hbond substituents is 1. The lowest BCUT2D eigenvalue weighted by Crippen LogP contribution is -2.14. The topological polar surface area (TPSA) is 75.3 Å².